The van der Waals surface area contributed by atoms with Crippen LogP contribution in [-0.2, 0) is 9.47 Å². The molecule has 2 unspecified atom stereocenters. The summed E-state index contributed by atoms with van der Waals surface area (Å²) in [5.74, 6) is 2.21. The van der Waals surface area contributed by atoms with Gasteiger partial charge in [0, 0.05) is 12.5 Å². The van der Waals surface area contributed by atoms with Gasteiger partial charge >= 0.3 is 0 Å². The molecule has 2 atom stereocenters. The average molecular weight is 218 g/mol. The summed E-state index contributed by atoms with van der Waals surface area (Å²) in [6.07, 6.45) is 3.62. The van der Waals surface area contributed by atoms with Gasteiger partial charge in [-0.3, -0.25) is 0 Å². The van der Waals surface area contributed by atoms with E-state index in [2.05, 4.69) is 19.6 Å². The van der Waals surface area contributed by atoms with Crippen LogP contribution in [0.25, 0.3) is 0 Å². The predicted molar refractivity (Wildman–Crippen MR) is 62.0 cm³/mol. The molecule has 0 aromatic rings. The summed E-state index contributed by atoms with van der Waals surface area (Å²) in [6, 6.07) is 0. The Kier molecular flexibility index (Phi) is 6.65. The topological polar surface area (TPSA) is 18.5 Å². The van der Waals surface area contributed by atoms with E-state index in [1.54, 1.807) is 0 Å². The molecule has 0 N–H and O–H groups in total. The van der Waals surface area contributed by atoms with Crippen molar-refractivity contribution >= 4 is 12.6 Å². The number of thiol groups is 1. The molecule has 0 aromatic heterocycles. The molecule has 0 saturated carbocycles. The first kappa shape index (κ1) is 12.3. The quantitative estimate of drug-likeness (QED) is 0.661. The van der Waals surface area contributed by atoms with Gasteiger partial charge in [0.1, 0.15) is 0 Å². The zero-order chi connectivity index (χ0) is 10.2. The van der Waals surface area contributed by atoms with Crippen molar-refractivity contribution in [2.75, 3.05) is 32.2 Å². The maximum Gasteiger partial charge on any atom is 0.0517 e. The lowest BCUT2D eigenvalue weighted by Gasteiger charge is -2.15. The fourth-order valence-corrected chi connectivity index (χ4v) is 2.04. The first-order chi connectivity index (χ1) is 6.86. The lowest BCUT2D eigenvalue weighted by atomic mass is 10.1. The molecule has 0 aliphatic carbocycles. The molecule has 1 fully saturated rings. The van der Waals surface area contributed by atoms with Gasteiger partial charge in [0.2, 0.25) is 0 Å². The van der Waals surface area contributed by atoms with E-state index in [1.165, 1.54) is 19.3 Å². The molecular formula is C11H22O2S. The van der Waals surface area contributed by atoms with Gasteiger partial charge in [0.05, 0.1) is 19.8 Å². The lowest BCUT2D eigenvalue weighted by molar-refractivity contribution is 0.0684. The maximum absolute atomic E-state index is 5.69. The van der Waals surface area contributed by atoms with E-state index in [0.717, 1.165) is 32.2 Å². The highest BCUT2D eigenvalue weighted by Gasteiger charge is 2.16. The zero-order valence-corrected chi connectivity index (χ0v) is 9.97. The SMILES string of the molecule is CCCC(CS)COCC1CCOC1. The second kappa shape index (κ2) is 7.55. The van der Waals surface area contributed by atoms with Crippen LogP contribution >= 0.6 is 12.6 Å². The van der Waals surface area contributed by atoms with Crippen LogP contribution in [-0.4, -0.2) is 32.2 Å². The van der Waals surface area contributed by atoms with Crippen LogP contribution in [0.1, 0.15) is 26.2 Å². The first-order valence-corrected chi connectivity index (χ1v) is 6.26. The molecule has 14 heavy (non-hydrogen) atoms. The third-order valence-electron chi connectivity index (χ3n) is 2.69. The molecule has 84 valence electrons. The largest absolute Gasteiger partial charge is 0.381 e. The molecule has 0 amide bonds. The minimum Gasteiger partial charge on any atom is -0.381 e. The first-order valence-electron chi connectivity index (χ1n) is 5.63. The second-order valence-electron chi connectivity index (χ2n) is 4.10. The Morgan fingerprint density at radius 3 is 3.00 bits per heavy atom. The third-order valence-corrected chi connectivity index (χ3v) is 3.20. The van der Waals surface area contributed by atoms with E-state index >= 15 is 0 Å². The van der Waals surface area contributed by atoms with Crippen LogP contribution in [0, 0.1) is 11.8 Å². The summed E-state index contributed by atoms with van der Waals surface area (Å²) in [4.78, 5) is 0. The molecule has 1 heterocycles. The lowest BCUT2D eigenvalue weighted by Crippen LogP contribution is -2.16. The summed E-state index contributed by atoms with van der Waals surface area (Å²) < 4.78 is 11.0. The van der Waals surface area contributed by atoms with Gasteiger partial charge in [-0.1, -0.05) is 13.3 Å². The Morgan fingerprint density at radius 1 is 1.57 bits per heavy atom. The fourth-order valence-electron chi connectivity index (χ4n) is 1.75. The fraction of sp³-hybridized carbons (Fsp3) is 1.00. The standard InChI is InChI=1S/C11H22O2S/c1-2-3-11(9-14)8-13-7-10-4-5-12-6-10/h10-11,14H,2-9H2,1H3. The Hall–Kier alpha value is 0.270. The number of ether oxygens (including phenoxy) is 2. The van der Waals surface area contributed by atoms with Crippen LogP contribution in [0.5, 0.6) is 0 Å². The highest BCUT2D eigenvalue weighted by atomic mass is 32.1. The van der Waals surface area contributed by atoms with Gasteiger partial charge in [-0.2, -0.15) is 12.6 Å². The number of hydrogen-bond acceptors (Lipinski definition) is 3. The highest BCUT2D eigenvalue weighted by molar-refractivity contribution is 7.80. The summed E-state index contributed by atoms with van der Waals surface area (Å²) in [7, 11) is 0. The summed E-state index contributed by atoms with van der Waals surface area (Å²) in [5.41, 5.74) is 0. The second-order valence-corrected chi connectivity index (χ2v) is 4.47. The van der Waals surface area contributed by atoms with Gasteiger partial charge in [0.15, 0.2) is 0 Å². The molecule has 0 aromatic carbocycles. The zero-order valence-electron chi connectivity index (χ0n) is 9.08. The minimum atomic E-state index is 0.630. The van der Waals surface area contributed by atoms with Crippen molar-refractivity contribution in [1.29, 1.82) is 0 Å². The van der Waals surface area contributed by atoms with E-state index in [9.17, 15) is 0 Å². The van der Waals surface area contributed by atoms with Crippen LogP contribution in [0.4, 0.5) is 0 Å². The van der Waals surface area contributed by atoms with Gasteiger partial charge in [-0.05, 0) is 24.5 Å². The molecule has 0 bridgehead atoms. The summed E-state index contributed by atoms with van der Waals surface area (Å²) in [6.45, 7) is 5.75. The molecule has 1 rings (SSSR count). The number of hydrogen-bond donors (Lipinski definition) is 1. The highest BCUT2D eigenvalue weighted by Crippen LogP contribution is 2.14. The maximum atomic E-state index is 5.69. The van der Waals surface area contributed by atoms with Crippen molar-refractivity contribution in [3.8, 4) is 0 Å². The van der Waals surface area contributed by atoms with E-state index < -0.39 is 0 Å². The monoisotopic (exact) mass is 218 g/mol. The Labute approximate surface area is 92.8 Å². The van der Waals surface area contributed by atoms with E-state index in [-0.39, 0.29) is 0 Å². The van der Waals surface area contributed by atoms with Gasteiger partial charge in [-0.15, -0.1) is 0 Å². The molecule has 0 spiro atoms. The Bertz CT molecular complexity index is 135. The molecule has 3 heteroatoms. The molecule has 2 nitrogen and oxygen atoms in total. The summed E-state index contributed by atoms with van der Waals surface area (Å²) >= 11 is 4.33. The van der Waals surface area contributed by atoms with Crippen LogP contribution in [0.3, 0.4) is 0 Å². The van der Waals surface area contributed by atoms with E-state index in [0.29, 0.717) is 11.8 Å². The molecular weight excluding hydrogens is 196 g/mol. The van der Waals surface area contributed by atoms with Crippen LogP contribution < -0.4 is 0 Å². The summed E-state index contributed by atoms with van der Waals surface area (Å²) in [5, 5.41) is 0. The Morgan fingerprint density at radius 2 is 2.43 bits per heavy atom. The third kappa shape index (κ3) is 4.67. The molecule has 1 saturated heterocycles. The smallest absolute Gasteiger partial charge is 0.0517 e. The van der Waals surface area contributed by atoms with Crippen molar-refractivity contribution in [2.45, 2.75) is 26.2 Å². The van der Waals surface area contributed by atoms with Gasteiger partial charge in [0.25, 0.3) is 0 Å². The molecule has 0 radical (unpaired) electrons. The molecule has 1 aliphatic rings. The van der Waals surface area contributed by atoms with Crippen molar-refractivity contribution < 1.29 is 9.47 Å². The molecule has 1 aliphatic heterocycles. The van der Waals surface area contributed by atoms with Gasteiger partial charge in [-0.25, -0.2) is 0 Å². The number of rotatable bonds is 7. The van der Waals surface area contributed by atoms with Crippen molar-refractivity contribution in [2.24, 2.45) is 11.8 Å². The van der Waals surface area contributed by atoms with Crippen LogP contribution in [0.15, 0.2) is 0 Å². The van der Waals surface area contributed by atoms with Crippen molar-refractivity contribution in [3.05, 3.63) is 0 Å². The normalized spacial score (nSPS) is 24.0. The van der Waals surface area contributed by atoms with E-state index in [1.807, 2.05) is 0 Å². The minimum absolute atomic E-state index is 0.630. The predicted octanol–water partition coefficient (Wildman–Crippen LogP) is 2.39. The van der Waals surface area contributed by atoms with Crippen molar-refractivity contribution in [3.63, 3.8) is 0 Å². The van der Waals surface area contributed by atoms with Crippen molar-refractivity contribution in [1.82, 2.24) is 0 Å². The van der Waals surface area contributed by atoms with Crippen LogP contribution in [0.2, 0.25) is 0 Å². The van der Waals surface area contributed by atoms with E-state index in [4.69, 9.17) is 9.47 Å². The average Bonchev–Trinajstić information content (AvgIpc) is 2.69. The van der Waals surface area contributed by atoms with Gasteiger partial charge < -0.3 is 9.47 Å². The Balaban J connectivity index is 2.00.